The summed E-state index contributed by atoms with van der Waals surface area (Å²) < 4.78 is 32.3. The lowest BCUT2D eigenvalue weighted by Crippen LogP contribution is -2.14. The van der Waals surface area contributed by atoms with E-state index in [4.69, 9.17) is 4.74 Å². The van der Waals surface area contributed by atoms with Gasteiger partial charge in [-0.15, -0.1) is 0 Å². The highest BCUT2D eigenvalue weighted by Gasteiger charge is 2.11. The molecule has 138 valence electrons. The Bertz CT molecular complexity index is 907. The number of esters is 1. The van der Waals surface area contributed by atoms with Crippen LogP contribution in [0.5, 0.6) is 5.75 Å². The van der Waals surface area contributed by atoms with Crippen molar-refractivity contribution < 1.29 is 27.5 Å². The van der Waals surface area contributed by atoms with Crippen molar-refractivity contribution >= 4 is 27.4 Å². The number of benzene rings is 2. The first-order chi connectivity index (χ1) is 12.3. The van der Waals surface area contributed by atoms with Crippen molar-refractivity contribution in [2.75, 3.05) is 31.0 Å². The highest BCUT2D eigenvalue weighted by Crippen LogP contribution is 2.18. The molecule has 7 nitrogen and oxygen atoms in total. The first kappa shape index (κ1) is 19.5. The summed E-state index contributed by atoms with van der Waals surface area (Å²) in [6.45, 7) is 0.0252. The molecular formula is C18H19NO6S. The molecule has 1 amide bonds. The largest absolute Gasteiger partial charge is 0.492 e. The zero-order valence-corrected chi connectivity index (χ0v) is 15.2. The number of ether oxygens (including phenoxy) is 2. The summed E-state index contributed by atoms with van der Waals surface area (Å²) in [6.07, 6.45) is 1.13. The Morgan fingerprint density at radius 2 is 1.73 bits per heavy atom. The molecule has 0 unspecified atom stereocenters. The van der Waals surface area contributed by atoms with Crippen LogP contribution in [0.1, 0.15) is 20.7 Å². The highest BCUT2D eigenvalue weighted by molar-refractivity contribution is 7.90. The monoisotopic (exact) mass is 377 g/mol. The van der Waals surface area contributed by atoms with E-state index in [0.29, 0.717) is 17.0 Å². The minimum atomic E-state index is -3.11. The van der Waals surface area contributed by atoms with E-state index in [9.17, 15) is 18.0 Å². The van der Waals surface area contributed by atoms with Gasteiger partial charge in [0.05, 0.1) is 18.4 Å². The van der Waals surface area contributed by atoms with Gasteiger partial charge in [-0.05, 0) is 30.3 Å². The minimum absolute atomic E-state index is 0.0252. The minimum Gasteiger partial charge on any atom is -0.492 e. The maximum atomic E-state index is 12.4. The molecule has 0 saturated carbocycles. The quantitative estimate of drug-likeness (QED) is 0.743. The van der Waals surface area contributed by atoms with Crippen LogP contribution in [0.2, 0.25) is 0 Å². The number of anilines is 1. The van der Waals surface area contributed by atoms with Gasteiger partial charge in [-0.25, -0.2) is 13.2 Å². The molecule has 0 aromatic heterocycles. The van der Waals surface area contributed by atoms with Crippen molar-refractivity contribution in [3.63, 3.8) is 0 Å². The Morgan fingerprint density at radius 3 is 2.42 bits per heavy atom. The van der Waals surface area contributed by atoms with Gasteiger partial charge in [0, 0.05) is 23.6 Å². The maximum absolute atomic E-state index is 12.4. The Balaban J connectivity index is 2.05. The van der Waals surface area contributed by atoms with E-state index in [1.165, 1.54) is 13.2 Å². The van der Waals surface area contributed by atoms with Gasteiger partial charge in [0.2, 0.25) is 0 Å². The summed E-state index contributed by atoms with van der Waals surface area (Å²) in [5.41, 5.74) is 1.06. The third-order valence-electron chi connectivity index (χ3n) is 3.36. The number of amides is 1. The Kier molecular flexibility index (Phi) is 6.35. The normalized spacial score (nSPS) is 10.8. The van der Waals surface area contributed by atoms with Crippen LogP contribution >= 0.6 is 0 Å². The van der Waals surface area contributed by atoms with Gasteiger partial charge in [0.15, 0.2) is 9.84 Å². The average molecular weight is 377 g/mol. The summed E-state index contributed by atoms with van der Waals surface area (Å²) in [5, 5.41) is 2.70. The molecule has 26 heavy (non-hydrogen) atoms. The molecule has 0 heterocycles. The van der Waals surface area contributed by atoms with Gasteiger partial charge in [-0.2, -0.15) is 0 Å². The molecule has 0 saturated heterocycles. The van der Waals surface area contributed by atoms with Crippen LogP contribution in [0, 0.1) is 0 Å². The smallest absolute Gasteiger partial charge is 0.337 e. The van der Waals surface area contributed by atoms with Crippen molar-refractivity contribution in [2.45, 2.75) is 0 Å². The summed E-state index contributed by atoms with van der Waals surface area (Å²) >= 11 is 0. The summed E-state index contributed by atoms with van der Waals surface area (Å²) in [7, 11) is -1.84. The fourth-order valence-corrected chi connectivity index (χ4v) is 2.47. The summed E-state index contributed by atoms with van der Waals surface area (Å²) in [6, 6.07) is 12.8. The van der Waals surface area contributed by atoms with Gasteiger partial charge >= 0.3 is 5.97 Å². The van der Waals surface area contributed by atoms with Gasteiger partial charge in [-0.1, -0.05) is 12.1 Å². The zero-order chi connectivity index (χ0) is 19.2. The van der Waals surface area contributed by atoms with Crippen LogP contribution in [0.25, 0.3) is 0 Å². The van der Waals surface area contributed by atoms with Crippen molar-refractivity contribution in [3.05, 3.63) is 59.7 Å². The molecule has 0 fully saturated rings. The van der Waals surface area contributed by atoms with E-state index in [-0.39, 0.29) is 17.9 Å². The number of hydrogen-bond acceptors (Lipinski definition) is 6. The first-order valence-electron chi connectivity index (χ1n) is 7.69. The molecule has 0 atom stereocenters. The molecule has 8 heteroatoms. The fraction of sp³-hybridized carbons (Fsp3) is 0.222. The van der Waals surface area contributed by atoms with Gasteiger partial charge in [0.25, 0.3) is 5.91 Å². The maximum Gasteiger partial charge on any atom is 0.337 e. The van der Waals surface area contributed by atoms with E-state index in [1.54, 1.807) is 42.5 Å². The lowest BCUT2D eigenvalue weighted by molar-refractivity contribution is 0.0600. The molecule has 1 N–H and O–H groups in total. The molecule has 0 aliphatic rings. The third-order valence-corrected chi connectivity index (χ3v) is 4.27. The lowest BCUT2D eigenvalue weighted by Gasteiger charge is -2.09. The van der Waals surface area contributed by atoms with E-state index in [1.807, 2.05) is 0 Å². The van der Waals surface area contributed by atoms with E-state index in [0.717, 1.165) is 6.26 Å². The average Bonchev–Trinajstić information content (AvgIpc) is 2.60. The zero-order valence-electron chi connectivity index (χ0n) is 14.4. The standard InChI is InChI=1S/C18H19NO6S/c1-24-18(21)14-6-3-5-13(11-14)17(20)19-15-7-4-8-16(12-15)25-9-10-26(2,22)23/h3-8,11-12H,9-10H2,1-2H3,(H,19,20). The molecule has 0 aliphatic heterocycles. The molecule has 2 aromatic rings. The van der Waals surface area contributed by atoms with Crippen LogP contribution in [0.4, 0.5) is 5.69 Å². The van der Waals surface area contributed by atoms with Crippen LogP contribution < -0.4 is 10.1 Å². The molecule has 2 aromatic carbocycles. The lowest BCUT2D eigenvalue weighted by atomic mass is 10.1. The number of carbonyl (C=O) groups excluding carboxylic acids is 2. The number of sulfone groups is 1. The van der Waals surface area contributed by atoms with Gasteiger partial charge < -0.3 is 14.8 Å². The number of rotatable bonds is 7. The second-order valence-electron chi connectivity index (χ2n) is 5.53. The van der Waals surface area contributed by atoms with E-state index >= 15 is 0 Å². The molecule has 0 radical (unpaired) electrons. The van der Waals surface area contributed by atoms with Crippen molar-refractivity contribution in [2.24, 2.45) is 0 Å². The second-order valence-corrected chi connectivity index (χ2v) is 7.79. The van der Waals surface area contributed by atoms with Gasteiger partial charge in [-0.3, -0.25) is 4.79 Å². The summed E-state index contributed by atoms with van der Waals surface area (Å²) in [4.78, 5) is 23.9. The topological polar surface area (TPSA) is 98.8 Å². The first-order valence-corrected chi connectivity index (χ1v) is 9.75. The van der Waals surface area contributed by atoms with E-state index < -0.39 is 21.7 Å². The molecule has 0 aliphatic carbocycles. The fourth-order valence-electron chi connectivity index (χ4n) is 2.08. The SMILES string of the molecule is COC(=O)c1cccc(C(=O)Nc2cccc(OCCS(C)(=O)=O)c2)c1. The third kappa shape index (κ3) is 5.89. The molecular weight excluding hydrogens is 358 g/mol. The number of carbonyl (C=O) groups is 2. The highest BCUT2D eigenvalue weighted by atomic mass is 32.2. The Hall–Kier alpha value is -2.87. The molecule has 2 rings (SSSR count). The van der Waals surface area contributed by atoms with Gasteiger partial charge in [0.1, 0.15) is 12.4 Å². The number of nitrogens with one attached hydrogen (secondary N) is 1. The predicted octanol–water partition coefficient (Wildman–Crippen LogP) is 2.15. The van der Waals surface area contributed by atoms with Crippen LogP contribution in [0.3, 0.4) is 0 Å². The molecule has 0 spiro atoms. The Labute approximate surface area is 151 Å². The number of methoxy groups -OCH3 is 1. The van der Waals surface area contributed by atoms with Crippen LogP contribution in [-0.4, -0.2) is 46.0 Å². The Morgan fingerprint density at radius 1 is 1.04 bits per heavy atom. The van der Waals surface area contributed by atoms with E-state index in [2.05, 4.69) is 10.1 Å². The van der Waals surface area contributed by atoms with Crippen molar-refractivity contribution in [3.8, 4) is 5.75 Å². The molecule has 0 bridgehead atoms. The predicted molar refractivity (Wildman–Crippen MR) is 97.4 cm³/mol. The van der Waals surface area contributed by atoms with Crippen LogP contribution in [-0.2, 0) is 14.6 Å². The van der Waals surface area contributed by atoms with Crippen molar-refractivity contribution in [1.82, 2.24) is 0 Å². The van der Waals surface area contributed by atoms with Crippen LogP contribution in [0.15, 0.2) is 48.5 Å². The second kappa shape index (κ2) is 8.48. The summed E-state index contributed by atoms with van der Waals surface area (Å²) in [5.74, 6) is -0.580. The van der Waals surface area contributed by atoms with Crippen molar-refractivity contribution in [1.29, 1.82) is 0 Å². The number of hydrogen-bond donors (Lipinski definition) is 1.